The van der Waals surface area contributed by atoms with Crippen LogP contribution in [0.1, 0.15) is 23.2 Å². The fraction of sp³-hybridized carbons (Fsp3) is 0.455. The van der Waals surface area contributed by atoms with E-state index in [0.29, 0.717) is 12.1 Å². The van der Waals surface area contributed by atoms with Crippen LogP contribution >= 0.6 is 23.4 Å². The molecule has 0 aliphatic heterocycles. The van der Waals surface area contributed by atoms with Gasteiger partial charge < -0.3 is 11.1 Å². The number of rotatable bonds is 4. The Labute approximate surface area is 109 Å². The number of hydrogen-bond donors (Lipinski definition) is 2. The first-order valence-electron chi connectivity index (χ1n) is 5.31. The Balaban J connectivity index is 1.99. The lowest BCUT2D eigenvalue weighted by Gasteiger charge is -2.13. The van der Waals surface area contributed by atoms with Crippen LogP contribution in [0.25, 0.3) is 0 Å². The van der Waals surface area contributed by atoms with Crippen LogP contribution in [-0.2, 0) is 0 Å². The fourth-order valence-corrected chi connectivity index (χ4v) is 2.53. The highest BCUT2D eigenvalue weighted by atomic mass is 35.5. The first-order chi connectivity index (χ1) is 8.04. The number of pyridine rings is 1. The number of hydrogen-bond acceptors (Lipinski definition) is 4. The number of aromatic nitrogens is 1. The van der Waals surface area contributed by atoms with Crippen LogP contribution in [0.15, 0.2) is 12.1 Å². The number of anilines is 1. The molecule has 0 unspecified atom stereocenters. The number of halogens is 1. The van der Waals surface area contributed by atoms with Crippen molar-refractivity contribution in [2.45, 2.75) is 17.6 Å². The van der Waals surface area contributed by atoms with E-state index in [-0.39, 0.29) is 21.6 Å². The Morgan fingerprint density at radius 1 is 1.65 bits per heavy atom. The summed E-state index contributed by atoms with van der Waals surface area (Å²) in [5, 5.41) is 3.14. The highest BCUT2D eigenvalue weighted by Crippen LogP contribution is 2.46. The number of nitrogen functional groups attached to an aromatic ring is 1. The molecule has 3 N–H and O–H groups in total. The number of nitrogens with two attached hydrogens (primary N) is 1. The zero-order chi connectivity index (χ0) is 12.5. The maximum Gasteiger partial charge on any atom is 0.251 e. The summed E-state index contributed by atoms with van der Waals surface area (Å²) in [6.45, 7) is 0.687. The van der Waals surface area contributed by atoms with Crippen LogP contribution in [0, 0.1) is 0 Å². The molecular formula is C11H14ClN3OS. The van der Waals surface area contributed by atoms with Crippen LogP contribution in [0.5, 0.6) is 0 Å². The molecule has 0 saturated heterocycles. The van der Waals surface area contributed by atoms with Crippen molar-refractivity contribution in [1.29, 1.82) is 0 Å². The van der Waals surface area contributed by atoms with E-state index in [1.54, 1.807) is 11.8 Å². The first kappa shape index (κ1) is 12.5. The van der Waals surface area contributed by atoms with Crippen molar-refractivity contribution in [3.8, 4) is 0 Å². The second kappa shape index (κ2) is 4.74. The summed E-state index contributed by atoms with van der Waals surface area (Å²) in [5.41, 5.74) is 6.00. The van der Waals surface area contributed by atoms with Gasteiger partial charge in [-0.15, -0.1) is 0 Å². The summed E-state index contributed by atoms with van der Waals surface area (Å²) < 4.78 is 0.248. The minimum absolute atomic E-state index is 0.152. The fourth-order valence-electron chi connectivity index (χ4n) is 1.58. The molecular weight excluding hydrogens is 258 g/mol. The van der Waals surface area contributed by atoms with Crippen molar-refractivity contribution in [1.82, 2.24) is 10.3 Å². The molecule has 17 heavy (non-hydrogen) atoms. The number of carbonyl (C=O) groups is 1. The van der Waals surface area contributed by atoms with E-state index >= 15 is 0 Å². The highest BCUT2D eigenvalue weighted by molar-refractivity contribution is 8.00. The van der Waals surface area contributed by atoms with Gasteiger partial charge in [0.25, 0.3) is 5.91 Å². The van der Waals surface area contributed by atoms with Crippen molar-refractivity contribution >= 4 is 35.1 Å². The van der Waals surface area contributed by atoms with E-state index in [2.05, 4.69) is 16.6 Å². The summed E-state index contributed by atoms with van der Waals surface area (Å²) in [4.78, 5) is 15.7. The van der Waals surface area contributed by atoms with Gasteiger partial charge in [0, 0.05) is 16.9 Å². The van der Waals surface area contributed by atoms with E-state index < -0.39 is 0 Å². The monoisotopic (exact) mass is 271 g/mol. The van der Waals surface area contributed by atoms with Gasteiger partial charge in [0.05, 0.1) is 0 Å². The zero-order valence-electron chi connectivity index (χ0n) is 9.50. The molecule has 1 aromatic heterocycles. The van der Waals surface area contributed by atoms with Crippen molar-refractivity contribution in [2.75, 3.05) is 18.5 Å². The molecule has 0 spiro atoms. The predicted octanol–water partition coefficient (Wildman–Crippen LogP) is 1.94. The predicted molar refractivity (Wildman–Crippen MR) is 71.5 cm³/mol. The largest absolute Gasteiger partial charge is 0.384 e. The Morgan fingerprint density at radius 2 is 2.35 bits per heavy atom. The molecule has 6 heteroatoms. The van der Waals surface area contributed by atoms with Gasteiger partial charge in [0.2, 0.25) is 0 Å². The topological polar surface area (TPSA) is 68.0 Å². The van der Waals surface area contributed by atoms with Crippen molar-refractivity contribution < 1.29 is 4.79 Å². The molecule has 1 fully saturated rings. The average Bonchev–Trinajstić information content (AvgIpc) is 3.05. The first-order valence-corrected chi connectivity index (χ1v) is 6.91. The van der Waals surface area contributed by atoms with Gasteiger partial charge in [-0.1, -0.05) is 11.6 Å². The lowest BCUT2D eigenvalue weighted by atomic mass is 10.2. The smallest absolute Gasteiger partial charge is 0.251 e. The quantitative estimate of drug-likeness (QED) is 0.822. The third-order valence-electron chi connectivity index (χ3n) is 2.89. The number of amides is 1. The molecule has 92 valence electrons. The van der Waals surface area contributed by atoms with Crippen LogP contribution in [0.2, 0.25) is 5.15 Å². The van der Waals surface area contributed by atoms with Crippen LogP contribution < -0.4 is 11.1 Å². The minimum Gasteiger partial charge on any atom is -0.384 e. The molecule has 0 aromatic carbocycles. The molecule has 1 aliphatic rings. The second-order valence-corrected chi connectivity index (χ2v) is 5.83. The van der Waals surface area contributed by atoms with E-state index in [1.807, 2.05) is 0 Å². The standard InChI is InChI=1S/C11H14ClN3OS/c1-17-11(2-3-11)6-14-10(16)7-4-8(12)15-9(13)5-7/h4-5H,2-3,6H2,1H3,(H2,13,15)(H,14,16). The Hall–Kier alpha value is -0.940. The van der Waals surface area contributed by atoms with Gasteiger partial charge in [-0.3, -0.25) is 4.79 Å². The van der Waals surface area contributed by atoms with Crippen molar-refractivity contribution in [3.63, 3.8) is 0 Å². The maximum absolute atomic E-state index is 11.9. The molecule has 0 radical (unpaired) electrons. The summed E-state index contributed by atoms with van der Waals surface area (Å²) in [6, 6.07) is 3.05. The lowest BCUT2D eigenvalue weighted by Crippen LogP contribution is -2.31. The lowest BCUT2D eigenvalue weighted by molar-refractivity contribution is 0.0953. The number of carbonyl (C=O) groups excluding carboxylic acids is 1. The molecule has 2 rings (SSSR count). The Kier molecular flexibility index (Phi) is 3.49. The molecule has 1 aliphatic carbocycles. The average molecular weight is 272 g/mol. The Morgan fingerprint density at radius 3 is 2.88 bits per heavy atom. The zero-order valence-corrected chi connectivity index (χ0v) is 11.1. The summed E-state index contributed by atoms with van der Waals surface area (Å²) in [5.74, 6) is 0.106. The van der Waals surface area contributed by atoms with Crippen LogP contribution in [-0.4, -0.2) is 28.4 Å². The molecule has 4 nitrogen and oxygen atoms in total. The highest BCUT2D eigenvalue weighted by Gasteiger charge is 2.41. The van der Waals surface area contributed by atoms with Gasteiger partial charge >= 0.3 is 0 Å². The summed E-state index contributed by atoms with van der Waals surface area (Å²) >= 11 is 7.55. The van der Waals surface area contributed by atoms with Crippen LogP contribution in [0.3, 0.4) is 0 Å². The third kappa shape index (κ3) is 3.04. The SMILES string of the molecule is CSC1(CNC(=O)c2cc(N)nc(Cl)c2)CC1. The summed E-state index contributed by atoms with van der Waals surface area (Å²) in [7, 11) is 0. The number of thioether (sulfide) groups is 1. The van der Waals surface area contributed by atoms with E-state index in [9.17, 15) is 4.79 Å². The Bertz CT molecular complexity index is 428. The van der Waals surface area contributed by atoms with Gasteiger partial charge in [-0.2, -0.15) is 11.8 Å². The van der Waals surface area contributed by atoms with E-state index in [1.165, 1.54) is 12.1 Å². The molecule has 1 heterocycles. The van der Waals surface area contributed by atoms with Crippen molar-refractivity contribution in [3.05, 3.63) is 22.8 Å². The number of nitrogens with zero attached hydrogens (tertiary/aromatic N) is 1. The van der Waals surface area contributed by atoms with Gasteiger partial charge in [-0.25, -0.2) is 4.98 Å². The minimum atomic E-state index is -0.152. The molecule has 1 aromatic rings. The molecule has 1 amide bonds. The van der Waals surface area contributed by atoms with E-state index in [0.717, 1.165) is 12.8 Å². The molecule has 1 saturated carbocycles. The van der Waals surface area contributed by atoms with Crippen LogP contribution in [0.4, 0.5) is 5.82 Å². The third-order valence-corrected chi connectivity index (χ3v) is 4.50. The van der Waals surface area contributed by atoms with Gasteiger partial charge in [0.1, 0.15) is 11.0 Å². The summed E-state index contributed by atoms with van der Waals surface area (Å²) in [6.07, 6.45) is 4.39. The van der Waals surface area contributed by atoms with Gasteiger partial charge in [-0.05, 0) is 31.2 Å². The van der Waals surface area contributed by atoms with E-state index in [4.69, 9.17) is 17.3 Å². The molecule has 0 bridgehead atoms. The van der Waals surface area contributed by atoms with Crippen molar-refractivity contribution in [2.24, 2.45) is 0 Å². The second-order valence-electron chi connectivity index (χ2n) is 4.17. The maximum atomic E-state index is 11.9. The van der Waals surface area contributed by atoms with Gasteiger partial charge in [0.15, 0.2) is 0 Å². The number of nitrogens with one attached hydrogen (secondary N) is 1. The normalized spacial score (nSPS) is 16.6. The molecule has 0 atom stereocenters.